The molecule has 2 heterocycles. The average molecular weight is 582 g/mol. The number of nitrogens with zero attached hydrogens (tertiary/aromatic N) is 1. The molecule has 0 aromatic heterocycles. The van der Waals surface area contributed by atoms with E-state index in [-0.39, 0.29) is 24.8 Å². The number of nitrogens with one attached hydrogen (secondary N) is 3. The number of piperidine rings is 2. The van der Waals surface area contributed by atoms with E-state index in [1.165, 1.54) is 20.8 Å². The Bertz CT molecular complexity index is 1070. The first-order chi connectivity index (χ1) is 18.1. The van der Waals surface area contributed by atoms with Gasteiger partial charge in [-0.1, -0.05) is 34.6 Å². The number of likely N-dealkylation sites (tertiary alicyclic amines) is 1. The van der Waals surface area contributed by atoms with Crippen LogP contribution in [0.1, 0.15) is 53.9 Å². The molecule has 6 atom stereocenters. The standard InChI is InChI=1S/C25H36F5N5O5/c1-22(2,3)16(34-21(40)24(26,27)25(28,29)30)20(39)35-10-12-14(23(12,4)5)15(35)19(38)33-13(17(31)36)9-11-7-6-8-32-18(11)37/h11-16H,6-10H2,1-5H3,(H2,31,36)(H,32,37)(H,33,38)(H,34,40)/t11-,12-,13-,14-,15-,16+/m0/s1. The fraction of sp³-hybridized carbons (Fsp3) is 0.800. The second-order valence-corrected chi connectivity index (χ2v) is 12.6. The third-order valence-electron chi connectivity index (χ3n) is 8.37. The number of carbonyl (C=O) groups is 5. The molecule has 0 aromatic carbocycles. The molecule has 2 saturated heterocycles. The molecule has 0 bridgehead atoms. The van der Waals surface area contributed by atoms with Crippen LogP contribution >= 0.6 is 0 Å². The van der Waals surface area contributed by atoms with Crippen LogP contribution in [0.4, 0.5) is 22.0 Å². The first-order valence-electron chi connectivity index (χ1n) is 13.1. The molecular formula is C25H36F5N5O5. The van der Waals surface area contributed by atoms with E-state index in [0.717, 1.165) is 4.90 Å². The maximum Gasteiger partial charge on any atom is 0.463 e. The van der Waals surface area contributed by atoms with E-state index in [1.807, 2.05) is 13.8 Å². The van der Waals surface area contributed by atoms with Gasteiger partial charge in [0.05, 0.1) is 0 Å². The number of hydrogen-bond donors (Lipinski definition) is 4. The zero-order chi connectivity index (χ0) is 30.6. The zero-order valence-electron chi connectivity index (χ0n) is 23.0. The summed E-state index contributed by atoms with van der Waals surface area (Å²) in [5, 5.41) is 6.76. The van der Waals surface area contributed by atoms with Crippen molar-refractivity contribution in [3.63, 3.8) is 0 Å². The predicted octanol–water partition coefficient (Wildman–Crippen LogP) is 1.08. The fourth-order valence-electron chi connectivity index (χ4n) is 5.83. The third-order valence-corrected chi connectivity index (χ3v) is 8.37. The Morgan fingerprint density at radius 3 is 2.20 bits per heavy atom. The van der Waals surface area contributed by atoms with Crippen LogP contribution in [0.3, 0.4) is 0 Å². The van der Waals surface area contributed by atoms with Gasteiger partial charge in [-0.25, -0.2) is 0 Å². The fourth-order valence-corrected chi connectivity index (χ4v) is 5.83. The van der Waals surface area contributed by atoms with Gasteiger partial charge in [-0.15, -0.1) is 0 Å². The molecule has 3 rings (SSSR count). The van der Waals surface area contributed by atoms with Gasteiger partial charge in [-0.2, -0.15) is 22.0 Å². The number of alkyl halides is 5. The van der Waals surface area contributed by atoms with Crippen LogP contribution < -0.4 is 21.7 Å². The molecule has 3 fully saturated rings. The molecule has 5 amide bonds. The summed E-state index contributed by atoms with van der Waals surface area (Å²) >= 11 is 0. The van der Waals surface area contributed by atoms with Gasteiger partial charge in [0.1, 0.15) is 18.1 Å². The molecule has 0 aromatic rings. The molecule has 0 spiro atoms. The molecule has 5 N–H and O–H groups in total. The first-order valence-corrected chi connectivity index (χ1v) is 13.1. The van der Waals surface area contributed by atoms with Crippen LogP contribution in [0.25, 0.3) is 0 Å². The minimum atomic E-state index is -6.18. The highest BCUT2D eigenvalue weighted by atomic mass is 19.4. The number of amides is 5. The monoisotopic (exact) mass is 581 g/mol. The van der Waals surface area contributed by atoms with Crippen molar-refractivity contribution in [2.75, 3.05) is 13.1 Å². The maximum absolute atomic E-state index is 13.7. The predicted molar refractivity (Wildman–Crippen MR) is 130 cm³/mol. The van der Waals surface area contributed by atoms with Gasteiger partial charge in [0.25, 0.3) is 0 Å². The molecule has 1 aliphatic carbocycles. The molecule has 40 heavy (non-hydrogen) atoms. The van der Waals surface area contributed by atoms with Crippen LogP contribution in [0.15, 0.2) is 0 Å². The van der Waals surface area contributed by atoms with E-state index in [2.05, 4.69) is 10.6 Å². The number of primary amides is 1. The summed E-state index contributed by atoms with van der Waals surface area (Å²) in [6, 6.07) is -4.29. The lowest BCUT2D eigenvalue weighted by Gasteiger charge is -2.38. The molecule has 3 aliphatic rings. The van der Waals surface area contributed by atoms with Gasteiger partial charge in [-0.3, -0.25) is 24.0 Å². The summed E-state index contributed by atoms with van der Waals surface area (Å²) in [4.78, 5) is 64.6. The van der Waals surface area contributed by atoms with Gasteiger partial charge in [0, 0.05) is 19.0 Å². The third kappa shape index (κ3) is 5.87. The smallest absolute Gasteiger partial charge is 0.368 e. The van der Waals surface area contributed by atoms with Crippen molar-refractivity contribution >= 4 is 29.5 Å². The Balaban J connectivity index is 1.85. The number of fused-ring (bicyclic) bond motifs is 1. The lowest BCUT2D eigenvalue weighted by molar-refractivity contribution is -0.270. The molecule has 0 radical (unpaired) electrons. The Morgan fingerprint density at radius 2 is 1.70 bits per heavy atom. The van der Waals surface area contributed by atoms with Crippen molar-refractivity contribution in [3.8, 4) is 0 Å². The summed E-state index contributed by atoms with van der Waals surface area (Å²) in [5.41, 5.74) is 3.77. The number of hydrogen-bond acceptors (Lipinski definition) is 5. The van der Waals surface area contributed by atoms with E-state index in [1.54, 1.807) is 5.32 Å². The highest BCUT2D eigenvalue weighted by Crippen LogP contribution is 2.65. The van der Waals surface area contributed by atoms with Crippen LogP contribution in [0.5, 0.6) is 0 Å². The molecule has 226 valence electrons. The van der Waals surface area contributed by atoms with Crippen LogP contribution in [-0.4, -0.2) is 77.7 Å². The average Bonchev–Trinajstić information content (AvgIpc) is 3.14. The SMILES string of the molecule is CC(C)(C)[C@H](NC(=O)C(F)(F)C(F)(F)F)C(=O)N1C[C@H]2[C@@H]([C@H]1C(=O)N[C@@H](C[C@@H]1CCCNC1=O)C(N)=O)C2(C)C. The van der Waals surface area contributed by atoms with Crippen molar-refractivity contribution < 1.29 is 45.9 Å². The van der Waals surface area contributed by atoms with Gasteiger partial charge < -0.3 is 26.6 Å². The van der Waals surface area contributed by atoms with Crippen molar-refractivity contribution in [3.05, 3.63) is 0 Å². The van der Waals surface area contributed by atoms with E-state index in [4.69, 9.17) is 5.73 Å². The normalized spacial score (nSPS) is 27.6. The maximum atomic E-state index is 13.7. The van der Waals surface area contributed by atoms with Crippen LogP contribution in [0, 0.1) is 28.6 Å². The molecule has 2 aliphatic heterocycles. The lowest BCUT2D eigenvalue weighted by atomic mass is 9.85. The van der Waals surface area contributed by atoms with Gasteiger partial charge in [-0.05, 0) is 41.9 Å². The summed E-state index contributed by atoms with van der Waals surface area (Å²) in [6.07, 6.45) is -5.10. The van der Waals surface area contributed by atoms with E-state index < -0.39 is 76.5 Å². The quantitative estimate of drug-likeness (QED) is 0.317. The summed E-state index contributed by atoms with van der Waals surface area (Å²) in [5.74, 6) is -12.6. The zero-order valence-corrected chi connectivity index (χ0v) is 23.0. The van der Waals surface area contributed by atoms with Crippen molar-refractivity contribution in [1.29, 1.82) is 0 Å². The highest BCUT2D eigenvalue weighted by molar-refractivity contribution is 5.96. The van der Waals surface area contributed by atoms with E-state index in [9.17, 15) is 45.9 Å². The van der Waals surface area contributed by atoms with E-state index >= 15 is 0 Å². The Labute approximate surface area is 228 Å². The number of carbonyl (C=O) groups excluding carboxylic acids is 5. The molecular weight excluding hydrogens is 545 g/mol. The minimum Gasteiger partial charge on any atom is -0.368 e. The highest BCUT2D eigenvalue weighted by Gasteiger charge is 2.70. The molecule has 10 nitrogen and oxygen atoms in total. The summed E-state index contributed by atoms with van der Waals surface area (Å²) < 4.78 is 65.9. The first kappa shape index (κ1) is 31.5. The second-order valence-electron chi connectivity index (χ2n) is 12.6. The van der Waals surface area contributed by atoms with Gasteiger partial charge in [0.15, 0.2) is 0 Å². The molecule has 0 unspecified atom stereocenters. The number of nitrogens with two attached hydrogens (primary N) is 1. The van der Waals surface area contributed by atoms with Gasteiger partial charge >= 0.3 is 18.0 Å². The summed E-state index contributed by atoms with van der Waals surface area (Å²) in [6.45, 7) is 8.30. The van der Waals surface area contributed by atoms with Crippen molar-refractivity contribution in [1.82, 2.24) is 20.9 Å². The molecule has 1 saturated carbocycles. The Morgan fingerprint density at radius 1 is 1.10 bits per heavy atom. The van der Waals surface area contributed by atoms with Crippen molar-refractivity contribution in [2.24, 2.45) is 34.3 Å². The van der Waals surface area contributed by atoms with Crippen LogP contribution in [0.2, 0.25) is 0 Å². The summed E-state index contributed by atoms with van der Waals surface area (Å²) in [7, 11) is 0. The molecule has 15 heteroatoms. The minimum absolute atomic E-state index is 0.0149. The number of rotatable bonds is 8. The van der Waals surface area contributed by atoms with Crippen LogP contribution in [-0.2, 0) is 24.0 Å². The largest absolute Gasteiger partial charge is 0.463 e. The van der Waals surface area contributed by atoms with Gasteiger partial charge in [0.2, 0.25) is 23.6 Å². The van der Waals surface area contributed by atoms with Crippen molar-refractivity contribution in [2.45, 2.75) is 84.1 Å². The lowest BCUT2D eigenvalue weighted by Crippen LogP contribution is -2.63. The second kappa shape index (κ2) is 10.4. The number of halogens is 5. The van der Waals surface area contributed by atoms with E-state index in [0.29, 0.717) is 19.4 Å². The topological polar surface area (TPSA) is 151 Å². The Hall–Kier alpha value is -3.00. The Kier molecular flexibility index (Phi) is 8.23.